The lowest BCUT2D eigenvalue weighted by Crippen LogP contribution is -2.29. The Labute approximate surface area is 204 Å². The Balaban J connectivity index is 2.05. The lowest BCUT2D eigenvalue weighted by Gasteiger charge is -2.22. The number of phenolic OH excluding ortho intramolecular Hbond substituents is 1. The van der Waals surface area contributed by atoms with Gasteiger partial charge >= 0.3 is 0 Å². The minimum absolute atomic E-state index is 0.0558. The Morgan fingerprint density at radius 1 is 1.25 bits per heavy atom. The molecule has 0 heterocycles. The van der Waals surface area contributed by atoms with Crippen molar-refractivity contribution in [3.63, 3.8) is 0 Å². The molecule has 0 saturated carbocycles. The van der Waals surface area contributed by atoms with E-state index in [0.717, 1.165) is 12.0 Å². The number of nitriles is 1. The summed E-state index contributed by atoms with van der Waals surface area (Å²) < 4.78 is 6.02. The normalized spacial score (nSPS) is 12.2. The van der Waals surface area contributed by atoms with E-state index in [-0.39, 0.29) is 27.5 Å². The van der Waals surface area contributed by atoms with E-state index in [0.29, 0.717) is 36.2 Å². The fourth-order valence-electron chi connectivity index (χ4n) is 3.03. The fourth-order valence-corrected chi connectivity index (χ4v) is 3.62. The van der Waals surface area contributed by atoms with Crippen LogP contribution in [0, 0.1) is 11.3 Å². The summed E-state index contributed by atoms with van der Waals surface area (Å²) in [6, 6.07) is 11.8. The molecule has 0 unspecified atom stereocenters. The Bertz CT molecular complexity index is 976. The van der Waals surface area contributed by atoms with Gasteiger partial charge < -0.3 is 15.2 Å². The first-order valence-electron chi connectivity index (χ1n) is 10.3. The van der Waals surface area contributed by atoms with Gasteiger partial charge in [0, 0.05) is 30.4 Å². The molecule has 172 valence electrons. The zero-order valence-corrected chi connectivity index (χ0v) is 20.8. The first-order chi connectivity index (χ1) is 15.2. The van der Waals surface area contributed by atoms with Crippen LogP contribution in [0.25, 0.3) is 0 Å². The molecule has 0 spiro atoms. The third-order valence-electron chi connectivity index (χ3n) is 5.34. The number of halogens is 2. The molecule has 0 aromatic heterocycles. The highest BCUT2D eigenvalue weighted by Crippen LogP contribution is 2.29. The SMILES string of the molecule is CSC(C)(C)CCOCC[C@H](CNC(=O)c1cccc(C#N)c1O)c1ccc(Cl)c(Cl)c1. The van der Waals surface area contributed by atoms with Gasteiger partial charge in [-0.15, -0.1) is 0 Å². The highest BCUT2D eigenvalue weighted by atomic mass is 35.5. The average molecular weight is 495 g/mol. The number of carbonyl (C=O) groups is 1. The molecule has 5 nitrogen and oxygen atoms in total. The summed E-state index contributed by atoms with van der Waals surface area (Å²) >= 11 is 14.1. The van der Waals surface area contributed by atoms with Gasteiger partial charge in [-0.05, 0) is 48.9 Å². The van der Waals surface area contributed by atoms with Crippen molar-refractivity contribution < 1.29 is 14.6 Å². The molecule has 2 aromatic rings. The van der Waals surface area contributed by atoms with E-state index in [4.69, 9.17) is 33.2 Å². The number of phenols is 1. The van der Waals surface area contributed by atoms with Gasteiger partial charge in [0.05, 0.1) is 21.2 Å². The molecule has 0 radical (unpaired) electrons. The highest BCUT2D eigenvalue weighted by Gasteiger charge is 2.19. The molecule has 0 aliphatic carbocycles. The van der Waals surface area contributed by atoms with Crippen LogP contribution in [0.5, 0.6) is 5.75 Å². The monoisotopic (exact) mass is 494 g/mol. The Morgan fingerprint density at radius 2 is 2.00 bits per heavy atom. The highest BCUT2D eigenvalue weighted by molar-refractivity contribution is 7.99. The number of ether oxygens (including phenoxy) is 1. The Hall–Kier alpha value is -1.91. The number of aromatic hydroxyl groups is 1. The number of benzene rings is 2. The lowest BCUT2D eigenvalue weighted by atomic mass is 9.95. The average Bonchev–Trinajstić information content (AvgIpc) is 2.77. The molecule has 2 N–H and O–H groups in total. The van der Waals surface area contributed by atoms with E-state index in [2.05, 4.69) is 25.4 Å². The van der Waals surface area contributed by atoms with E-state index < -0.39 is 5.91 Å². The number of amides is 1. The minimum Gasteiger partial charge on any atom is -0.506 e. The van der Waals surface area contributed by atoms with Crippen LogP contribution < -0.4 is 5.32 Å². The first kappa shape index (κ1) is 26.3. The van der Waals surface area contributed by atoms with Crippen molar-refractivity contribution in [1.82, 2.24) is 5.32 Å². The third kappa shape index (κ3) is 7.60. The standard InChI is InChI=1S/C24H28Cl2N2O3S/c1-24(2,32-3)10-12-31-11-9-18(16-7-8-20(25)21(26)13-16)15-28-23(30)19-6-4-5-17(14-27)22(19)29/h4-8,13,18,29H,9-12,15H2,1-3H3,(H,28,30)/t18-/m1/s1. The van der Waals surface area contributed by atoms with E-state index in [9.17, 15) is 9.90 Å². The number of nitrogens with zero attached hydrogens (tertiary/aromatic N) is 1. The zero-order chi connectivity index (χ0) is 23.7. The Morgan fingerprint density at radius 3 is 2.66 bits per heavy atom. The van der Waals surface area contributed by atoms with Crippen molar-refractivity contribution in [3.05, 3.63) is 63.1 Å². The van der Waals surface area contributed by atoms with Gasteiger partial charge in [0.25, 0.3) is 5.91 Å². The quantitative estimate of drug-likeness (QED) is 0.373. The molecule has 1 atom stereocenters. The molecule has 0 aliphatic heterocycles. The van der Waals surface area contributed by atoms with Crippen LogP contribution in [0.15, 0.2) is 36.4 Å². The molecule has 0 aliphatic rings. The van der Waals surface area contributed by atoms with Gasteiger partial charge in [0.1, 0.15) is 11.8 Å². The van der Waals surface area contributed by atoms with Gasteiger partial charge in [-0.25, -0.2) is 0 Å². The van der Waals surface area contributed by atoms with E-state index >= 15 is 0 Å². The lowest BCUT2D eigenvalue weighted by molar-refractivity contribution is 0.0939. The predicted molar refractivity (Wildman–Crippen MR) is 132 cm³/mol. The van der Waals surface area contributed by atoms with Crippen LogP contribution in [0.1, 0.15) is 54.1 Å². The van der Waals surface area contributed by atoms with Crippen LogP contribution >= 0.6 is 35.0 Å². The topological polar surface area (TPSA) is 82.3 Å². The summed E-state index contributed by atoms with van der Waals surface area (Å²) in [7, 11) is 0. The summed E-state index contributed by atoms with van der Waals surface area (Å²) in [5, 5.41) is 23.0. The second-order valence-corrected chi connectivity index (χ2v) is 10.3. The van der Waals surface area contributed by atoms with Gasteiger partial charge in [0.15, 0.2) is 0 Å². The Kier molecular flexibility index (Phi) is 10.2. The number of hydrogen-bond acceptors (Lipinski definition) is 5. The second-order valence-electron chi connectivity index (χ2n) is 8.01. The van der Waals surface area contributed by atoms with Gasteiger partial charge in [-0.2, -0.15) is 17.0 Å². The molecular weight excluding hydrogens is 467 g/mol. The number of rotatable bonds is 11. The van der Waals surface area contributed by atoms with E-state index in [1.165, 1.54) is 12.1 Å². The van der Waals surface area contributed by atoms with Gasteiger partial charge in [0.2, 0.25) is 0 Å². The number of nitrogens with one attached hydrogen (secondary N) is 1. The van der Waals surface area contributed by atoms with Crippen LogP contribution in [0.3, 0.4) is 0 Å². The van der Waals surface area contributed by atoms with Gasteiger partial charge in [-0.1, -0.05) is 49.2 Å². The summed E-state index contributed by atoms with van der Waals surface area (Å²) in [5.41, 5.74) is 1.05. The van der Waals surface area contributed by atoms with Crippen LogP contribution in [0.4, 0.5) is 0 Å². The second kappa shape index (κ2) is 12.4. The molecule has 8 heteroatoms. The largest absolute Gasteiger partial charge is 0.506 e. The predicted octanol–water partition coefficient (Wildman–Crippen LogP) is 6.02. The number of carbonyl (C=O) groups excluding carboxylic acids is 1. The van der Waals surface area contributed by atoms with E-state index in [1.54, 1.807) is 18.2 Å². The summed E-state index contributed by atoms with van der Waals surface area (Å²) in [6.07, 6.45) is 3.70. The number of para-hydroxylation sites is 1. The van der Waals surface area contributed by atoms with Crippen molar-refractivity contribution in [2.24, 2.45) is 0 Å². The molecule has 0 bridgehead atoms. The molecule has 2 rings (SSSR count). The summed E-state index contributed by atoms with van der Waals surface area (Å²) in [5.74, 6) is -0.839. The minimum atomic E-state index is -0.452. The summed E-state index contributed by atoms with van der Waals surface area (Å²) in [4.78, 5) is 12.6. The van der Waals surface area contributed by atoms with Crippen LogP contribution in [-0.2, 0) is 4.74 Å². The maximum Gasteiger partial charge on any atom is 0.255 e. The molecule has 1 amide bonds. The number of thioether (sulfide) groups is 1. The van der Waals surface area contributed by atoms with Crippen molar-refractivity contribution in [2.45, 2.75) is 37.4 Å². The first-order valence-corrected chi connectivity index (χ1v) is 12.2. The maximum atomic E-state index is 12.6. The maximum absolute atomic E-state index is 12.6. The van der Waals surface area contributed by atoms with Crippen molar-refractivity contribution in [3.8, 4) is 11.8 Å². The summed E-state index contributed by atoms with van der Waals surface area (Å²) in [6.45, 7) is 5.87. The molecule has 32 heavy (non-hydrogen) atoms. The number of hydrogen-bond donors (Lipinski definition) is 2. The van der Waals surface area contributed by atoms with E-state index in [1.807, 2.05) is 23.9 Å². The molecule has 0 fully saturated rings. The molecular formula is C24H28Cl2N2O3S. The smallest absolute Gasteiger partial charge is 0.255 e. The third-order valence-corrected chi connectivity index (χ3v) is 7.39. The van der Waals surface area contributed by atoms with Crippen LogP contribution in [0.2, 0.25) is 10.0 Å². The van der Waals surface area contributed by atoms with Crippen molar-refractivity contribution in [2.75, 3.05) is 26.0 Å². The van der Waals surface area contributed by atoms with Crippen molar-refractivity contribution >= 4 is 40.9 Å². The van der Waals surface area contributed by atoms with Crippen molar-refractivity contribution in [1.29, 1.82) is 5.26 Å². The molecule has 0 saturated heterocycles. The fraction of sp³-hybridized carbons (Fsp3) is 0.417. The van der Waals surface area contributed by atoms with Gasteiger partial charge in [-0.3, -0.25) is 4.79 Å². The zero-order valence-electron chi connectivity index (χ0n) is 18.5. The van der Waals surface area contributed by atoms with Crippen LogP contribution in [-0.4, -0.2) is 41.8 Å². The molecule has 2 aromatic carbocycles.